The predicted molar refractivity (Wildman–Crippen MR) is 80.3 cm³/mol. The van der Waals surface area contributed by atoms with E-state index < -0.39 is 11.6 Å². The number of benzene rings is 2. The average Bonchev–Trinajstić information content (AvgIpc) is 2.91. The molecule has 1 heterocycles. The van der Waals surface area contributed by atoms with Gasteiger partial charge in [-0.3, -0.25) is 4.79 Å². The number of carbonyl (C=O) groups excluding carboxylic acids is 1. The van der Waals surface area contributed by atoms with Gasteiger partial charge in [-0.2, -0.15) is 0 Å². The van der Waals surface area contributed by atoms with Crippen molar-refractivity contribution in [3.8, 4) is 17.0 Å². The Bertz CT molecular complexity index is 884. The van der Waals surface area contributed by atoms with Crippen LogP contribution >= 0.6 is 0 Å². The summed E-state index contributed by atoms with van der Waals surface area (Å²) >= 11 is 0. The SMILES string of the molecule is COc1ccc(-c2[nH]c3c(C)ccc(F)c3c2C=O)cc1F. The Labute approximate surface area is 125 Å². The zero-order valence-electron chi connectivity index (χ0n) is 12.0. The largest absolute Gasteiger partial charge is 0.494 e. The summed E-state index contributed by atoms with van der Waals surface area (Å²) in [5.41, 5.74) is 2.36. The number of fused-ring (bicyclic) bond motifs is 1. The zero-order chi connectivity index (χ0) is 15.9. The summed E-state index contributed by atoms with van der Waals surface area (Å²) in [6.07, 6.45) is 0.582. The molecule has 3 rings (SSSR count). The first-order valence-electron chi connectivity index (χ1n) is 6.66. The number of ether oxygens (including phenoxy) is 1. The van der Waals surface area contributed by atoms with Gasteiger partial charge in [0.05, 0.1) is 23.9 Å². The Kier molecular flexibility index (Phi) is 3.41. The van der Waals surface area contributed by atoms with Crippen molar-refractivity contribution in [3.05, 3.63) is 53.1 Å². The molecule has 0 radical (unpaired) electrons. The monoisotopic (exact) mass is 301 g/mol. The van der Waals surface area contributed by atoms with Gasteiger partial charge in [-0.05, 0) is 36.8 Å². The van der Waals surface area contributed by atoms with Crippen molar-refractivity contribution in [1.29, 1.82) is 0 Å². The molecule has 22 heavy (non-hydrogen) atoms. The van der Waals surface area contributed by atoms with Gasteiger partial charge in [-0.15, -0.1) is 0 Å². The lowest BCUT2D eigenvalue weighted by Crippen LogP contribution is -1.90. The van der Waals surface area contributed by atoms with E-state index in [-0.39, 0.29) is 16.7 Å². The van der Waals surface area contributed by atoms with Gasteiger partial charge in [-0.25, -0.2) is 8.78 Å². The van der Waals surface area contributed by atoms with E-state index in [1.165, 1.54) is 25.3 Å². The van der Waals surface area contributed by atoms with E-state index in [0.717, 1.165) is 5.56 Å². The maximum Gasteiger partial charge on any atom is 0.165 e. The van der Waals surface area contributed by atoms with Crippen LogP contribution < -0.4 is 4.74 Å². The van der Waals surface area contributed by atoms with Gasteiger partial charge >= 0.3 is 0 Å². The van der Waals surface area contributed by atoms with E-state index in [0.29, 0.717) is 23.1 Å². The van der Waals surface area contributed by atoms with E-state index >= 15 is 0 Å². The molecule has 0 saturated carbocycles. The Morgan fingerprint density at radius 2 is 1.91 bits per heavy atom. The lowest BCUT2D eigenvalue weighted by atomic mass is 10.0. The molecule has 1 N–H and O–H groups in total. The van der Waals surface area contributed by atoms with Crippen molar-refractivity contribution in [2.75, 3.05) is 7.11 Å². The van der Waals surface area contributed by atoms with E-state index in [9.17, 15) is 13.6 Å². The fourth-order valence-electron chi connectivity index (χ4n) is 2.59. The van der Waals surface area contributed by atoms with Crippen LogP contribution in [0.5, 0.6) is 5.75 Å². The van der Waals surface area contributed by atoms with Crippen molar-refractivity contribution < 1.29 is 18.3 Å². The topological polar surface area (TPSA) is 42.1 Å². The second-order valence-corrected chi connectivity index (χ2v) is 5.00. The number of methoxy groups -OCH3 is 1. The molecule has 1 aromatic heterocycles. The van der Waals surface area contributed by atoms with Crippen LogP contribution in [-0.4, -0.2) is 18.4 Å². The Morgan fingerprint density at radius 1 is 1.14 bits per heavy atom. The minimum atomic E-state index is -0.548. The van der Waals surface area contributed by atoms with Crippen LogP contribution in [0.15, 0.2) is 30.3 Å². The molecule has 0 aliphatic heterocycles. The number of hydrogen-bond donors (Lipinski definition) is 1. The quantitative estimate of drug-likeness (QED) is 0.735. The zero-order valence-corrected chi connectivity index (χ0v) is 12.0. The lowest BCUT2D eigenvalue weighted by Gasteiger charge is -2.04. The molecule has 0 amide bonds. The molecule has 0 aliphatic rings. The maximum atomic E-state index is 14.1. The third kappa shape index (κ3) is 2.06. The normalized spacial score (nSPS) is 10.9. The van der Waals surface area contributed by atoms with Gasteiger partial charge in [0.15, 0.2) is 17.9 Å². The number of aromatic nitrogens is 1. The van der Waals surface area contributed by atoms with Crippen LogP contribution in [0.4, 0.5) is 8.78 Å². The standard InChI is InChI=1S/C17H13F2NO2/c1-9-3-5-12(18)15-11(8-21)17(20-16(9)15)10-4-6-14(22-2)13(19)7-10/h3-8,20H,1-2H3. The minimum Gasteiger partial charge on any atom is -0.494 e. The van der Waals surface area contributed by atoms with Gasteiger partial charge in [0.25, 0.3) is 0 Å². The third-order valence-corrected chi connectivity index (χ3v) is 3.71. The highest BCUT2D eigenvalue weighted by molar-refractivity contribution is 6.05. The molecule has 0 aliphatic carbocycles. The van der Waals surface area contributed by atoms with Gasteiger partial charge in [-0.1, -0.05) is 6.07 Å². The van der Waals surface area contributed by atoms with E-state index in [2.05, 4.69) is 4.98 Å². The molecule has 0 bridgehead atoms. The predicted octanol–water partition coefficient (Wildman–Crippen LogP) is 4.24. The Hall–Kier alpha value is -2.69. The first-order chi connectivity index (χ1) is 10.6. The van der Waals surface area contributed by atoms with Crippen LogP contribution in [0.2, 0.25) is 0 Å². The van der Waals surface area contributed by atoms with Crippen LogP contribution in [0.1, 0.15) is 15.9 Å². The van der Waals surface area contributed by atoms with E-state index in [1.807, 2.05) is 6.92 Å². The minimum absolute atomic E-state index is 0.106. The highest BCUT2D eigenvalue weighted by atomic mass is 19.1. The van der Waals surface area contributed by atoms with Crippen LogP contribution in [0.3, 0.4) is 0 Å². The summed E-state index contributed by atoms with van der Waals surface area (Å²) in [7, 11) is 1.37. The molecule has 2 aromatic carbocycles. The number of halogens is 2. The number of H-pyrrole nitrogens is 1. The van der Waals surface area contributed by atoms with Crippen LogP contribution in [0, 0.1) is 18.6 Å². The molecule has 5 heteroatoms. The number of nitrogens with one attached hydrogen (secondary N) is 1. The van der Waals surface area contributed by atoms with Crippen molar-refractivity contribution in [3.63, 3.8) is 0 Å². The number of aldehydes is 1. The maximum absolute atomic E-state index is 14.1. The smallest absolute Gasteiger partial charge is 0.165 e. The van der Waals surface area contributed by atoms with Crippen LogP contribution in [0.25, 0.3) is 22.2 Å². The molecule has 3 aromatic rings. The van der Waals surface area contributed by atoms with Crippen molar-refractivity contribution in [2.24, 2.45) is 0 Å². The number of rotatable bonds is 3. The van der Waals surface area contributed by atoms with E-state index in [1.54, 1.807) is 12.1 Å². The number of aryl methyl sites for hydroxylation is 1. The lowest BCUT2D eigenvalue weighted by molar-refractivity contribution is 0.112. The van der Waals surface area contributed by atoms with Gasteiger partial charge in [0, 0.05) is 10.9 Å². The van der Waals surface area contributed by atoms with Gasteiger partial charge in [0.2, 0.25) is 0 Å². The summed E-state index contributed by atoms with van der Waals surface area (Å²) in [5.74, 6) is -0.929. The Balaban J connectivity index is 2.31. The second kappa shape index (κ2) is 5.26. The first-order valence-corrected chi connectivity index (χ1v) is 6.66. The number of hydrogen-bond acceptors (Lipinski definition) is 2. The fourth-order valence-corrected chi connectivity index (χ4v) is 2.59. The van der Waals surface area contributed by atoms with E-state index in [4.69, 9.17) is 4.74 Å². The highest BCUT2D eigenvalue weighted by Crippen LogP contribution is 2.33. The average molecular weight is 301 g/mol. The van der Waals surface area contributed by atoms with Gasteiger partial charge in [0.1, 0.15) is 5.82 Å². The third-order valence-electron chi connectivity index (χ3n) is 3.71. The second-order valence-electron chi connectivity index (χ2n) is 5.00. The molecule has 0 fully saturated rings. The van der Waals surface area contributed by atoms with Crippen molar-refractivity contribution >= 4 is 17.2 Å². The first kappa shape index (κ1) is 14.3. The summed E-state index contributed by atoms with van der Waals surface area (Å²) in [6.45, 7) is 1.81. The molecule has 0 atom stereocenters. The number of aromatic amines is 1. The summed E-state index contributed by atoms with van der Waals surface area (Å²) < 4.78 is 32.8. The molecular formula is C17H13F2NO2. The summed E-state index contributed by atoms with van der Waals surface area (Å²) in [5, 5.41) is 0.223. The van der Waals surface area contributed by atoms with Crippen LogP contribution in [-0.2, 0) is 0 Å². The molecular weight excluding hydrogens is 288 g/mol. The van der Waals surface area contributed by atoms with Crippen molar-refractivity contribution in [1.82, 2.24) is 4.98 Å². The molecule has 3 nitrogen and oxygen atoms in total. The summed E-state index contributed by atoms with van der Waals surface area (Å²) in [4.78, 5) is 14.5. The fraction of sp³-hybridized carbons (Fsp3) is 0.118. The van der Waals surface area contributed by atoms with Crippen molar-refractivity contribution in [2.45, 2.75) is 6.92 Å². The highest BCUT2D eigenvalue weighted by Gasteiger charge is 2.18. The molecule has 112 valence electrons. The number of carbonyl (C=O) groups is 1. The van der Waals surface area contributed by atoms with Gasteiger partial charge < -0.3 is 9.72 Å². The Morgan fingerprint density at radius 3 is 2.55 bits per heavy atom. The molecule has 0 spiro atoms. The molecule has 0 saturated heterocycles. The molecule has 0 unspecified atom stereocenters. The summed E-state index contributed by atoms with van der Waals surface area (Å²) in [6, 6.07) is 7.28.